The number of aryl methyl sites for hydroxylation is 2. The third-order valence-corrected chi connectivity index (χ3v) is 6.13. The highest BCUT2D eigenvalue weighted by Gasteiger charge is 2.30. The number of carbonyl (C=O) groups is 1. The van der Waals surface area contributed by atoms with Gasteiger partial charge in [-0.15, -0.1) is 0 Å². The number of benzene rings is 1. The fourth-order valence-electron chi connectivity index (χ4n) is 2.78. The number of rotatable bonds is 4. The van der Waals surface area contributed by atoms with Crippen molar-refractivity contribution in [2.24, 2.45) is 0 Å². The van der Waals surface area contributed by atoms with Crippen molar-refractivity contribution in [1.82, 2.24) is 4.31 Å². The molecule has 0 bridgehead atoms. The molecule has 0 spiro atoms. The lowest BCUT2D eigenvalue weighted by Gasteiger charge is -2.31. The smallest absolute Gasteiger partial charge is 0.322 e. The molecule has 122 valence electrons. The minimum absolute atomic E-state index is 0.379. The van der Waals surface area contributed by atoms with Crippen molar-refractivity contribution in [3.05, 3.63) is 34.9 Å². The Labute approximate surface area is 132 Å². The molecule has 0 aromatic heterocycles. The van der Waals surface area contributed by atoms with E-state index in [0.29, 0.717) is 19.0 Å². The summed E-state index contributed by atoms with van der Waals surface area (Å²) >= 11 is 0. The molecule has 1 fully saturated rings. The molecule has 0 atom stereocenters. The van der Waals surface area contributed by atoms with Crippen LogP contribution in [0.3, 0.4) is 0 Å². The van der Waals surface area contributed by atoms with Crippen molar-refractivity contribution in [1.29, 1.82) is 0 Å². The Bertz CT molecular complexity index is 646. The number of carbonyl (C=O) groups excluding carboxylic acids is 1. The van der Waals surface area contributed by atoms with Gasteiger partial charge in [-0.2, -0.15) is 0 Å². The van der Waals surface area contributed by atoms with E-state index in [4.69, 9.17) is 0 Å². The van der Waals surface area contributed by atoms with Gasteiger partial charge in [0, 0.05) is 13.1 Å². The molecule has 6 heteroatoms. The maximum absolute atomic E-state index is 12.1. The summed E-state index contributed by atoms with van der Waals surface area (Å²) in [5.74, 6) is -0.905. The lowest BCUT2D eigenvalue weighted by Crippen LogP contribution is -2.40. The van der Waals surface area contributed by atoms with Crippen LogP contribution < -0.4 is 0 Å². The number of esters is 1. The Morgan fingerprint density at radius 1 is 1.23 bits per heavy atom. The molecule has 0 aliphatic carbocycles. The largest absolute Gasteiger partial charge is 0.468 e. The summed E-state index contributed by atoms with van der Waals surface area (Å²) in [5, 5.41) is 0. The van der Waals surface area contributed by atoms with Gasteiger partial charge < -0.3 is 4.74 Å². The number of hydrogen-bond donors (Lipinski definition) is 0. The molecular formula is C16H23NO4S. The summed E-state index contributed by atoms with van der Waals surface area (Å²) in [6.07, 6.45) is 1.56. The molecule has 1 heterocycles. The highest BCUT2D eigenvalue weighted by Crippen LogP contribution is 2.30. The summed E-state index contributed by atoms with van der Waals surface area (Å²) in [5.41, 5.74) is 3.80. The molecule has 1 aromatic rings. The second-order valence-corrected chi connectivity index (χ2v) is 7.82. The quantitative estimate of drug-likeness (QED) is 0.794. The third-order valence-electron chi connectivity index (χ3n) is 4.38. The standard InChI is InChI=1S/C16H23NO4S/c1-12-4-5-15(10-13(12)2)14-6-8-17(9-7-14)22(19,20)11-16(18)21-3/h4-5,10,14H,6-9,11H2,1-3H3. The van der Waals surface area contributed by atoms with E-state index in [2.05, 4.69) is 36.8 Å². The third kappa shape index (κ3) is 3.87. The van der Waals surface area contributed by atoms with Crippen LogP contribution in [0.15, 0.2) is 18.2 Å². The SMILES string of the molecule is COC(=O)CS(=O)(=O)N1CCC(c2ccc(C)c(C)c2)CC1. The first kappa shape index (κ1) is 17.0. The van der Waals surface area contributed by atoms with Gasteiger partial charge in [0.25, 0.3) is 0 Å². The van der Waals surface area contributed by atoms with Crippen LogP contribution in [-0.4, -0.2) is 44.6 Å². The normalized spacial score (nSPS) is 17.4. The van der Waals surface area contributed by atoms with Crippen LogP contribution >= 0.6 is 0 Å². The van der Waals surface area contributed by atoms with Crippen LogP contribution in [0.25, 0.3) is 0 Å². The van der Waals surface area contributed by atoms with E-state index in [0.717, 1.165) is 12.8 Å². The van der Waals surface area contributed by atoms with E-state index in [9.17, 15) is 13.2 Å². The number of hydrogen-bond acceptors (Lipinski definition) is 4. The van der Waals surface area contributed by atoms with Gasteiger partial charge in [-0.05, 0) is 49.3 Å². The first-order valence-electron chi connectivity index (χ1n) is 7.45. The predicted molar refractivity (Wildman–Crippen MR) is 85.3 cm³/mol. The molecule has 1 aromatic carbocycles. The van der Waals surface area contributed by atoms with Crippen LogP contribution in [-0.2, 0) is 19.6 Å². The number of nitrogens with zero attached hydrogens (tertiary/aromatic N) is 1. The molecule has 1 aliphatic rings. The van der Waals surface area contributed by atoms with Gasteiger partial charge in [-0.25, -0.2) is 12.7 Å². The number of sulfonamides is 1. The molecule has 2 rings (SSSR count). The number of methoxy groups -OCH3 is 1. The van der Waals surface area contributed by atoms with Gasteiger partial charge in [0.2, 0.25) is 10.0 Å². The van der Waals surface area contributed by atoms with E-state index in [1.54, 1.807) is 0 Å². The first-order valence-corrected chi connectivity index (χ1v) is 9.06. The maximum Gasteiger partial charge on any atom is 0.322 e. The monoisotopic (exact) mass is 325 g/mol. The van der Waals surface area contributed by atoms with Crippen LogP contribution in [0.2, 0.25) is 0 Å². The van der Waals surface area contributed by atoms with E-state index >= 15 is 0 Å². The van der Waals surface area contributed by atoms with Crippen molar-refractivity contribution in [2.75, 3.05) is 26.0 Å². The van der Waals surface area contributed by atoms with Crippen LogP contribution in [0.1, 0.15) is 35.4 Å². The molecule has 1 aliphatic heterocycles. The summed E-state index contributed by atoms with van der Waals surface area (Å²) < 4.78 is 30.1. The fraction of sp³-hybridized carbons (Fsp3) is 0.562. The minimum atomic E-state index is -3.56. The minimum Gasteiger partial charge on any atom is -0.468 e. The van der Waals surface area contributed by atoms with Crippen molar-refractivity contribution in [3.8, 4) is 0 Å². The molecule has 1 saturated heterocycles. The Balaban J connectivity index is 2.00. The average molecular weight is 325 g/mol. The van der Waals surface area contributed by atoms with E-state index in [-0.39, 0.29) is 0 Å². The Kier molecular flexibility index (Phi) is 5.24. The molecule has 0 saturated carbocycles. The summed E-state index contributed by atoms with van der Waals surface area (Å²) in [7, 11) is -2.36. The highest BCUT2D eigenvalue weighted by molar-refractivity contribution is 7.89. The summed E-state index contributed by atoms with van der Waals surface area (Å²) in [4.78, 5) is 11.2. The molecule has 22 heavy (non-hydrogen) atoms. The lowest BCUT2D eigenvalue weighted by atomic mass is 9.88. The second kappa shape index (κ2) is 6.79. The van der Waals surface area contributed by atoms with Gasteiger partial charge in [0.05, 0.1) is 7.11 Å². The molecule has 0 amide bonds. The van der Waals surface area contributed by atoms with Gasteiger partial charge in [0.15, 0.2) is 5.75 Å². The van der Waals surface area contributed by atoms with Crippen LogP contribution in [0, 0.1) is 13.8 Å². The average Bonchev–Trinajstić information content (AvgIpc) is 2.49. The van der Waals surface area contributed by atoms with Crippen LogP contribution in [0.4, 0.5) is 0 Å². The second-order valence-electron chi connectivity index (χ2n) is 5.85. The Morgan fingerprint density at radius 3 is 2.41 bits per heavy atom. The topological polar surface area (TPSA) is 63.7 Å². The maximum atomic E-state index is 12.1. The van der Waals surface area contributed by atoms with E-state index < -0.39 is 21.7 Å². The predicted octanol–water partition coefficient (Wildman–Crippen LogP) is 1.99. The van der Waals surface area contributed by atoms with Crippen LogP contribution in [0.5, 0.6) is 0 Å². The zero-order valence-electron chi connectivity index (χ0n) is 13.3. The number of piperidine rings is 1. The van der Waals surface area contributed by atoms with Gasteiger partial charge in [0.1, 0.15) is 0 Å². The zero-order valence-corrected chi connectivity index (χ0v) is 14.1. The van der Waals surface area contributed by atoms with Gasteiger partial charge >= 0.3 is 5.97 Å². The van der Waals surface area contributed by atoms with E-state index in [1.807, 2.05) is 0 Å². The molecule has 5 nitrogen and oxygen atoms in total. The lowest BCUT2D eigenvalue weighted by molar-refractivity contribution is -0.137. The Morgan fingerprint density at radius 2 is 1.86 bits per heavy atom. The van der Waals surface area contributed by atoms with E-state index in [1.165, 1.54) is 28.1 Å². The van der Waals surface area contributed by atoms with Gasteiger partial charge in [-0.3, -0.25) is 4.79 Å². The van der Waals surface area contributed by atoms with Crippen molar-refractivity contribution in [3.63, 3.8) is 0 Å². The highest BCUT2D eigenvalue weighted by atomic mass is 32.2. The summed E-state index contributed by atoms with van der Waals surface area (Å²) in [6.45, 7) is 5.09. The fourth-order valence-corrected chi connectivity index (χ4v) is 4.15. The van der Waals surface area contributed by atoms with Crippen molar-refractivity contribution in [2.45, 2.75) is 32.6 Å². The first-order chi connectivity index (χ1) is 10.3. The zero-order chi connectivity index (χ0) is 16.3. The number of ether oxygens (including phenoxy) is 1. The van der Waals surface area contributed by atoms with Crippen molar-refractivity contribution >= 4 is 16.0 Å². The van der Waals surface area contributed by atoms with Crippen molar-refractivity contribution < 1.29 is 17.9 Å². The van der Waals surface area contributed by atoms with Gasteiger partial charge in [-0.1, -0.05) is 18.2 Å². The molecule has 0 N–H and O–H groups in total. The molecule has 0 radical (unpaired) electrons. The Hall–Kier alpha value is -1.40. The summed E-state index contributed by atoms with van der Waals surface area (Å²) in [6, 6.07) is 6.44. The molecule has 0 unspecified atom stereocenters. The molecular weight excluding hydrogens is 302 g/mol.